The Morgan fingerprint density at radius 1 is 1.00 bits per heavy atom. The molecule has 6 nitrogen and oxygen atoms in total. The number of ether oxygens (including phenoxy) is 3. The van der Waals surface area contributed by atoms with E-state index in [-0.39, 0.29) is 5.91 Å². The van der Waals surface area contributed by atoms with Crippen molar-refractivity contribution in [3.05, 3.63) is 70.0 Å². The molecule has 2 aromatic carbocycles. The molecule has 1 heterocycles. The molecule has 0 saturated carbocycles. The predicted octanol–water partition coefficient (Wildman–Crippen LogP) is 5.09. The van der Waals surface area contributed by atoms with Crippen molar-refractivity contribution >= 4 is 11.5 Å². The van der Waals surface area contributed by atoms with Crippen LogP contribution in [0.1, 0.15) is 48.6 Å². The lowest BCUT2D eigenvalue weighted by Gasteiger charge is -2.33. The van der Waals surface area contributed by atoms with Crippen LogP contribution in [0.3, 0.4) is 0 Å². The van der Waals surface area contributed by atoms with Gasteiger partial charge in [-0.15, -0.1) is 0 Å². The fourth-order valence-electron chi connectivity index (χ4n) is 4.14. The first kappa shape index (κ1) is 23.8. The normalized spacial score (nSPS) is 16.5. The summed E-state index contributed by atoms with van der Waals surface area (Å²) < 4.78 is 16.9. The average Bonchev–Trinajstić information content (AvgIpc) is 2.92. The van der Waals surface area contributed by atoms with Crippen molar-refractivity contribution in [2.75, 3.05) is 14.2 Å². The summed E-state index contributed by atoms with van der Waals surface area (Å²) in [5, 5.41) is 1.37. The summed E-state index contributed by atoms with van der Waals surface area (Å²) in [5.74, 6) is 1.12. The predicted molar refractivity (Wildman–Crippen MR) is 124 cm³/mol. The van der Waals surface area contributed by atoms with Gasteiger partial charge in [0.05, 0.1) is 12.7 Å². The standard InChI is InChI=1S/C26H33NO5/c1-16-13-17(2)22(18(3)14-16)23-24(31-15-20-9-11-21(30-8)12-10-20)26(5,6)27(25(23)28)32-19(4)29-7/h9-14,19H,15H2,1-8H3. The second-order valence-electron chi connectivity index (χ2n) is 8.68. The summed E-state index contributed by atoms with van der Waals surface area (Å²) in [6, 6.07) is 11.8. The third-order valence-electron chi connectivity index (χ3n) is 5.74. The molecule has 32 heavy (non-hydrogen) atoms. The van der Waals surface area contributed by atoms with Gasteiger partial charge in [0.15, 0.2) is 6.29 Å². The first-order chi connectivity index (χ1) is 15.1. The van der Waals surface area contributed by atoms with Gasteiger partial charge in [-0.2, -0.15) is 0 Å². The highest BCUT2D eigenvalue weighted by molar-refractivity contribution is 6.23. The minimum atomic E-state index is -0.824. The second-order valence-corrected chi connectivity index (χ2v) is 8.68. The summed E-state index contributed by atoms with van der Waals surface area (Å²) >= 11 is 0. The molecule has 0 aliphatic carbocycles. The fraction of sp³-hybridized carbons (Fsp3) is 0.423. The van der Waals surface area contributed by atoms with E-state index in [9.17, 15) is 4.79 Å². The van der Waals surface area contributed by atoms with Gasteiger partial charge in [-0.1, -0.05) is 29.8 Å². The summed E-state index contributed by atoms with van der Waals surface area (Å²) in [6.07, 6.45) is -0.583. The molecule has 1 aliphatic rings. The molecule has 1 atom stereocenters. The van der Waals surface area contributed by atoms with E-state index in [1.807, 2.05) is 52.0 Å². The molecular formula is C26H33NO5. The van der Waals surface area contributed by atoms with E-state index in [4.69, 9.17) is 19.0 Å². The molecule has 2 aromatic rings. The number of hydrogen-bond donors (Lipinski definition) is 0. The van der Waals surface area contributed by atoms with Gasteiger partial charge in [0.25, 0.3) is 5.91 Å². The van der Waals surface area contributed by atoms with Crippen LogP contribution in [0.2, 0.25) is 0 Å². The maximum atomic E-state index is 13.7. The number of aryl methyl sites for hydroxylation is 3. The third-order valence-corrected chi connectivity index (χ3v) is 5.74. The maximum Gasteiger partial charge on any atom is 0.282 e. The van der Waals surface area contributed by atoms with Crippen molar-refractivity contribution in [2.45, 2.75) is 60.0 Å². The van der Waals surface area contributed by atoms with Gasteiger partial charge in [0.2, 0.25) is 0 Å². The Labute approximate surface area is 190 Å². The fourth-order valence-corrected chi connectivity index (χ4v) is 4.14. The molecule has 0 N–H and O–H groups in total. The first-order valence-corrected chi connectivity index (χ1v) is 10.7. The van der Waals surface area contributed by atoms with Crippen LogP contribution in [-0.4, -0.2) is 37.0 Å². The highest BCUT2D eigenvalue weighted by Gasteiger charge is 2.50. The number of rotatable bonds is 8. The number of hydrogen-bond acceptors (Lipinski definition) is 5. The van der Waals surface area contributed by atoms with Crippen LogP contribution in [0.25, 0.3) is 5.57 Å². The first-order valence-electron chi connectivity index (χ1n) is 10.7. The zero-order valence-electron chi connectivity index (χ0n) is 20.2. The molecular weight excluding hydrogens is 406 g/mol. The van der Waals surface area contributed by atoms with Crippen LogP contribution in [0.15, 0.2) is 42.2 Å². The molecule has 1 unspecified atom stereocenters. The molecule has 0 radical (unpaired) electrons. The maximum absolute atomic E-state index is 13.7. The largest absolute Gasteiger partial charge is 0.497 e. The Morgan fingerprint density at radius 2 is 1.59 bits per heavy atom. The molecule has 0 spiro atoms. The van der Waals surface area contributed by atoms with E-state index in [0.717, 1.165) is 33.6 Å². The molecule has 6 heteroatoms. The van der Waals surface area contributed by atoms with Crippen LogP contribution in [0.5, 0.6) is 5.75 Å². The Morgan fingerprint density at radius 3 is 2.12 bits per heavy atom. The van der Waals surface area contributed by atoms with Gasteiger partial charge in [0.1, 0.15) is 23.7 Å². The van der Waals surface area contributed by atoms with Crippen molar-refractivity contribution in [2.24, 2.45) is 0 Å². The van der Waals surface area contributed by atoms with Crippen LogP contribution >= 0.6 is 0 Å². The number of hydroxylamine groups is 2. The van der Waals surface area contributed by atoms with E-state index in [1.54, 1.807) is 21.1 Å². The lowest BCUT2D eigenvalue weighted by molar-refractivity contribution is -0.277. The van der Waals surface area contributed by atoms with Crippen molar-refractivity contribution in [3.63, 3.8) is 0 Å². The summed E-state index contributed by atoms with van der Waals surface area (Å²) in [7, 11) is 3.18. The van der Waals surface area contributed by atoms with Crippen LogP contribution in [-0.2, 0) is 25.7 Å². The van der Waals surface area contributed by atoms with Gasteiger partial charge >= 0.3 is 0 Å². The Kier molecular flexibility index (Phi) is 6.96. The average molecular weight is 440 g/mol. The molecule has 1 aliphatic heterocycles. The van der Waals surface area contributed by atoms with Crippen molar-refractivity contribution in [3.8, 4) is 5.75 Å². The Balaban J connectivity index is 2.07. The monoisotopic (exact) mass is 439 g/mol. The van der Waals surface area contributed by atoms with E-state index >= 15 is 0 Å². The molecule has 0 aromatic heterocycles. The Bertz CT molecular complexity index is 1000. The Hall–Kier alpha value is -2.83. The minimum absolute atomic E-state index is 0.237. The quantitative estimate of drug-likeness (QED) is 0.536. The molecule has 0 saturated heterocycles. The van der Waals surface area contributed by atoms with Gasteiger partial charge in [0, 0.05) is 7.11 Å². The van der Waals surface area contributed by atoms with Gasteiger partial charge in [-0.25, -0.2) is 9.90 Å². The molecule has 1 amide bonds. The molecule has 172 valence electrons. The highest BCUT2D eigenvalue weighted by Crippen LogP contribution is 2.43. The third kappa shape index (κ3) is 4.52. The lowest BCUT2D eigenvalue weighted by Crippen LogP contribution is -2.46. The number of carbonyl (C=O) groups is 1. The summed E-state index contributed by atoms with van der Waals surface area (Å²) in [5.41, 5.74) is 4.76. The summed E-state index contributed by atoms with van der Waals surface area (Å²) in [4.78, 5) is 19.5. The van der Waals surface area contributed by atoms with E-state index < -0.39 is 11.8 Å². The van der Waals surface area contributed by atoms with Crippen LogP contribution < -0.4 is 4.74 Å². The lowest BCUT2D eigenvalue weighted by atomic mass is 9.91. The topological polar surface area (TPSA) is 57.2 Å². The van der Waals surface area contributed by atoms with Gasteiger partial charge in [-0.05, 0) is 75.9 Å². The molecule has 0 fully saturated rings. The zero-order chi connectivity index (χ0) is 23.6. The zero-order valence-corrected chi connectivity index (χ0v) is 20.2. The van der Waals surface area contributed by atoms with Crippen molar-refractivity contribution in [1.29, 1.82) is 0 Å². The minimum Gasteiger partial charge on any atom is -0.497 e. The van der Waals surface area contributed by atoms with E-state index in [1.165, 1.54) is 5.06 Å². The van der Waals surface area contributed by atoms with Crippen molar-refractivity contribution < 1.29 is 23.8 Å². The SMILES string of the molecule is COc1ccc(COC2=C(c3c(C)cc(C)cc3C)C(=O)N(OC(C)OC)C2(C)C)cc1. The number of amides is 1. The number of nitrogens with zero attached hydrogens (tertiary/aromatic N) is 1. The highest BCUT2D eigenvalue weighted by atomic mass is 16.8. The van der Waals surface area contributed by atoms with E-state index in [0.29, 0.717) is 17.9 Å². The number of carbonyl (C=O) groups excluding carboxylic acids is 1. The van der Waals surface area contributed by atoms with Crippen LogP contribution in [0.4, 0.5) is 0 Å². The van der Waals surface area contributed by atoms with Gasteiger partial charge < -0.3 is 14.2 Å². The second kappa shape index (κ2) is 9.35. The van der Waals surface area contributed by atoms with E-state index in [2.05, 4.69) is 19.1 Å². The molecule has 0 bridgehead atoms. The van der Waals surface area contributed by atoms with Crippen LogP contribution in [0, 0.1) is 20.8 Å². The number of methoxy groups -OCH3 is 2. The van der Waals surface area contributed by atoms with Crippen molar-refractivity contribution in [1.82, 2.24) is 5.06 Å². The number of benzene rings is 2. The van der Waals surface area contributed by atoms with Gasteiger partial charge in [-0.3, -0.25) is 4.79 Å². The summed E-state index contributed by atoms with van der Waals surface area (Å²) in [6.45, 7) is 12.0. The molecule has 3 rings (SSSR count). The smallest absolute Gasteiger partial charge is 0.282 e.